The zero-order chi connectivity index (χ0) is 24.3. The van der Waals surface area contributed by atoms with E-state index in [9.17, 15) is 19.5 Å². The highest BCUT2D eigenvalue weighted by Crippen LogP contribution is 2.44. The molecule has 0 radical (unpaired) electrons. The summed E-state index contributed by atoms with van der Waals surface area (Å²) in [5, 5.41) is 18.1. The number of amides is 2. The number of carboxylic acid groups (broad SMARTS) is 1. The Labute approximate surface area is 196 Å². The van der Waals surface area contributed by atoms with Gasteiger partial charge in [-0.15, -0.1) is 0 Å². The molecule has 0 unspecified atom stereocenters. The van der Waals surface area contributed by atoms with Gasteiger partial charge in [0.15, 0.2) is 0 Å². The highest BCUT2D eigenvalue weighted by Gasteiger charge is 2.30. The first-order valence-corrected chi connectivity index (χ1v) is 10.8. The number of benzene rings is 2. The van der Waals surface area contributed by atoms with E-state index in [0.717, 1.165) is 28.5 Å². The van der Waals surface area contributed by atoms with Gasteiger partial charge in [0, 0.05) is 12.5 Å². The second-order valence-electron chi connectivity index (χ2n) is 8.73. The summed E-state index contributed by atoms with van der Waals surface area (Å²) >= 11 is 0. The summed E-state index contributed by atoms with van der Waals surface area (Å²) in [6, 6.07) is 16.1. The van der Waals surface area contributed by atoms with Crippen LogP contribution in [0.25, 0.3) is 11.1 Å². The standard InChI is InChI=1S/C25H25N3O6/c1-25(2,23(30)31)14-27-22(29)20-13-34-28-21(20)11-26-24(32)33-12-19-17-9-5-3-7-15(17)16-8-4-6-10-18(16)19/h3-10,13,19H,11-12,14H2,1-2H3,(H,26,32)(H,27,29)(H,30,31). The summed E-state index contributed by atoms with van der Waals surface area (Å²) in [6.45, 7) is 3.01. The maximum Gasteiger partial charge on any atom is 0.407 e. The van der Waals surface area contributed by atoms with Crippen molar-refractivity contribution in [3.05, 3.63) is 77.2 Å². The molecule has 3 N–H and O–H groups in total. The fraction of sp³-hybridized carbons (Fsp3) is 0.280. The molecule has 0 spiro atoms. The van der Waals surface area contributed by atoms with Crippen LogP contribution in [0.5, 0.6) is 0 Å². The quantitative estimate of drug-likeness (QED) is 0.466. The Bertz CT molecular complexity index is 1190. The zero-order valence-corrected chi connectivity index (χ0v) is 18.8. The van der Waals surface area contributed by atoms with Crippen LogP contribution < -0.4 is 10.6 Å². The highest BCUT2D eigenvalue weighted by atomic mass is 16.5. The molecule has 3 aromatic rings. The lowest BCUT2D eigenvalue weighted by Crippen LogP contribution is -2.39. The molecule has 9 heteroatoms. The van der Waals surface area contributed by atoms with Crippen LogP contribution in [0.1, 0.15) is 46.9 Å². The van der Waals surface area contributed by atoms with E-state index in [0.29, 0.717) is 0 Å². The Balaban J connectivity index is 1.33. The van der Waals surface area contributed by atoms with Crippen LogP contribution in [0.2, 0.25) is 0 Å². The monoisotopic (exact) mass is 463 g/mol. The number of carboxylic acids is 1. The topological polar surface area (TPSA) is 131 Å². The van der Waals surface area contributed by atoms with Gasteiger partial charge in [-0.2, -0.15) is 0 Å². The van der Waals surface area contributed by atoms with E-state index < -0.39 is 23.4 Å². The molecule has 0 atom stereocenters. The van der Waals surface area contributed by atoms with E-state index >= 15 is 0 Å². The molecule has 0 saturated heterocycles. The minimum atomic E-state index is -1.13. The van der Waals surface area contributed by atoms with Gasteiger partial charge in [0.05, 0.1) is 12.0 Å². The van der Waals surface area contributed by atoms with E-state index in [2.05, 4.69) is 27.9 Å². The van der Waals surface area contributed by atoms with Crippen molar-refractivity contribution in [1.29, 1.82) is 0 Å². The Morgan fingerprint density at radius 3 is 2.26 bits per heavy atom. The van der Waals surface area contributed by atoms with Crippen molar-refractivity contribution in [3.63, 3.8) is 0 Å². The van der Waals surface area contributed by atoms with Gasteiger partial charge in [0.1, 0.15) is 24.1 Å². The van der Waals surface area contributed by atoms with E-state index in [-0.39, 0.29) is 36.9 Å². The van der Waals surface area contributed by atoms with Crippen LogP contribution in [0.3, 0.4) is 0 Å². The Kier molecular flexibility index (Phi) is 6.36. The molecular formula is C25H25N3O6. The number of rotatable bonds is 8. The molecule has 0 saturated carbocycles. The van der Waals surface area contributed by atoms with Crippen LogP contribution in [-0.2, 0) is 16.1 Å². The number of hydrogen-bond acceptors (Lipinski definition) is 6. The van der Waals surface area contributed by atoms with E-state index in [1.165, 1.54) is 13.8 Å². The molecule has 0 fully saturated rings. The maximum atomic E-state index is 12.4. The van der Waals surface area contributed by atoms with E-state index in [4.69, 9.17) is 9.26 Å². The van der Waals surface area contributed by atoms with Gasteiger partial charge in [0.25, 0.3) is 5.91 Å². The van der Waals surface area contributed by atoms with Crippen molar-refractivity contribution in [2.45, 2.75) is 26.3 Å². The fourth-order valence-corrected chi connectivity index (χ4v) is 3.85. The second kappa shape index (κ2) is 9.38. The Hall–Kier alpha value is -4.14. The van der Waals surface area contributed by atoms with Gasteiger partial charge in [-0.3, -0.25) is 9.59 Å². The number of ether oxygens (including phenoxy) is 1. The summed E-state index contributed by atoms with van der Waals surface area (Å²) in [6.07, 6.45) is 0.501. The predicted molar refractivity (Wildman–Crippen MR) is 122 cm³/mol. The first-order valence-electron chi connectivity index (χ1n) is 10.8. The highest BCUT2D eigenvalue weighted by molar-refractivity contribution is 5.95. The number of aliphatic carboxylic acids is 1. The average Bonchev–Trinajstić information content (AvgIpc) is 3.42. The number of fused-ring (bicyclic) bond motifs is 3. The van der Waals surface area contributed by atoms with Gasteiger partial charge in [-0.05, 0) is 36.1 Å². The second-order valence-corrected chi connectivity index (χ2v) is 8.73. The third kappa shape index (κ3) is 4.63. The van der Waals surface area contributed by atoms with Crippen LogP contribution in [-0.4, -0.2) is 41.4 Å². The molecular weight excluding hydrogens is 438 g/mol. The van der Waals surface area contributed by atoms with Gasteiger partial charge >= 0.3 is 12.1 Å². The molecule has 34 heavy (non-hydrogen) atoms. The van der Waals surface area contributed by atoms with Crippen LogP contribution in [0, 0.1) is 5.41 Å². The summed E-state index contributed by atoms with van der Waals surface area (Å²) in [5.41, 5.74) is 3.67. The third-order valence-corrected chi connectivity index (χ3v) is 5.90. The Morgan fingerprint density at radius 1 is 1.03 bits per heavy atom. The molecule has 1 aliphatic rings. The first kappa shape index (κ1) is 23.0. The van der Waals surface area contributed by atoms with Crippen molar-refractivity contribution in [3.8, 4) is 11.1 Å². The van der Waals surface area contributed by atoms with Crippen LogP contribution >= 0.6 is 0 Å². The summed E-state index contributed by atoms with van der Waals surface area (Å²) in [5.74, 6) is -1.64. The van der Waals surface area contributed by atoms with Crippen molar-refractivity contribution >= 4 is 18.0 Å². The number of alkyl carbamates (subject to hydrolysis) is 1. The Morgan fingerprint density at radius 2 is 1.65 bits per heavy atom. The van der Waals surface area contributed by atoms with Crippen molar-refractivity contribution in [1.82, 2.24) is 15.8 Å². The number of aromatic nitrogens is 1. The molecule has 2 amide bonds. The van der Waals surface area contributed by atoms with Crippen LogP contribution in [0.4, 0.5) is 4.79 Å². The molecule has 1 aromatic heterocycles. The lowest BCUT2D eigenvalue weighted by atomic mass is 9.94. The molecule has 9 nitrogen and oxygen atoms in total. The predicted octanol–water partition coefficient (Wildman–Crippen LogP) is 3.55. The molecule has 1 heterocycles. The van der Waals surface area contributed by atoms with Gasteiger partial charge in [-0.1, -0.05) is 53.7 Å². The molecule has 0 aliphatic heterocycles. The fourth-order valence-electron chi connectivity index (χ4n) is 3.85. The lowest BCUT2D eigenvalue weighted by molar-refractivity contribution is -0.146. The summed E-state index contributed by atoms with van der Waals surface area (Å²) in [7, 11) is 0. The maximum absolute atomic E-state index is 12.4. The molecule has 2 aromatic carbocycles. The molecule has 0 bridgehead atoms. The van der Waals surface area contributed by atoms with E-state index in [1.54, 1.807) is 0 Å². The number of carbonyl (C=O) groups excluding carboxylic acids is 2. The summed E-state index contributed by atoms with van der Waals surface area (Å²) < 4.78 is 10.4. The summed E-state index contributed by atoms with van der Waals surface area (Å²) in [4.78, 5) is 36.0. The SMILES string of the molecule is CC(C)(CNC(=O)c1conc1CNC(=O)OCC1c2ccccc2-c2ccccc21)C(=O)O. The number of carbonyl (C=O) groups is 3. The normalized spacial score (nSPS) is 12.5. The minimum Gasteiger partial charge on any atom is -0.481 e. The van der Waals surface area contributed by atoms with Gasteiger partial charge < -0.3 is 25.0 Å². The van der Waals surface area contributed by atoms with Gasteiger partial charge in [-0.25, -0.2) is 4.79 Å². The average molecular weight is 463 g/mol. The van der Waals surface area contributed by atoms with E-state index in [1.807, 2.05) is 36.4 Å². The number of nitrogens with one attached hydrogen (secondary N) is 2. The van der Waals surface area contributed by atoms with Gasteiger partial charge in [0.2, 0.25) is 0 Å². The zero-order valence-electron chi connectivity index (χ0n) is 18.8. The lowest BCUT2D eigenvalue weighted by Gasteiger charge is -2.19. The molecule has 1 aliphatic carbocycles. The molecule has 4 rings (SSSR count). The smallest absolute Gasteiger partial charge is 0.407 e. The van der Waals surface area contributed by atoms with Crippen LogP contribution in [0.15, 0.2) is 59.3 Å². The third-order valence-electron chi connectivity index (χ3n) is 5.90. The van der Waals surface area contributed by atoms with Crippen molar-refractivity contribution in [2.75, 3.05) is 13.2 Å². The van der Waals surface area contributed by atoms with Crippen molar-refractivity contribution < 1.29 is 28.8 Å². The minimum absolute atomic E-state index is 0.0656. The largest absolute Gasteiger partial charge is 0.481 e. The van der Waals surface area contributed by atoms with Crippen molar-refractivity contribution in [2.24, 2.45) is 5.41 Å². The number of nitrogens with zero attached hydrogens (tertiary/aromatic N) is 1. The molecule has 176 valence electrons. The first-order chi connectivity index (χ1) is 16.3. The number of hydrogen-bond donors (Lipinski definition) is 3.